The molecular weight excluding hydrogens is 326 g/mol. The summed E-state index contributed by atoms with van der Waals surface area (Å²) in [5, 5.41) is 0.484. The summed E-state index contributed by atoms with van der Waals surface area (Å²) in [5.41, 5.74) is 2.73. The molecule has 2 aromatic rings. The average Bonchev–Trinajstić information content (AvgIpc) is 2.62. The molecule has 1 aromatic heterocycles. The summed E-state index contributed by atoms with van der Waals surface area (Å²) in [7, 11) is 1.62. The lowest BCUT2D eigenvalue weighted by Crippen LogP contribution is -2.48. The van der Waals surface area contributed by atoms with Crippen molar-refractivity contribution in [1.82, 2.24) is 9.88 Å². The molecule has 6 heteroatoms. The molecule has 5 nitrogen and oxygen atoms in total. The molecule has 1 saturated heterocycles. The number of aromatic nitrogens is 1. The van der Waals surface area contributed by atoms with Gasteiger partial charge in [0, 0.05) is 43.6 Å². The molecule has 2 heterocycles. The first kappa shape index (κ1) is 16.6. The van der Waals surface area contributed by atoms with E-state index in [4.69, 9.17) is 16.3 Å². The molecule has 3 rings (SSSR count). The molecule has 0 radical (unpaired) electrons. The van der Waals surface area contributed by atoms with Crippen LogP contribution >= 0.6 is 11.6 Å². The molecule has 126 valence electrons. The number of benzene rings is 1. The van der Waals surface area contributed by atoms with Crippen LogP contribution in [0, 0.1) is 6.92 Å². The Kier molecular flexibility index (Phi) is 4.90. The zero-order chi connectivity index (χ0) is 17.1. The largest absolute Gasteiger partial charge is 0.496 e. The molecule has 1 amide bonds. The molecule has 1 aliphatic rings. The number of anilines is 1. The highest BCUT2D eigenvalue weighted by atomic mass is 35.5. The maximum atomic E-state index is 12.7. The number of hydrogen-bond acceptors (Lipinski definition) is 4. The number of piperazine rings is 1. The van der Waals surface area contributed by atoms with Crippen LogP contribution in [0.5, 0.6) is 5.75 Å². The van der Waals surface area contributed by atoms with Gasteiger partial charge in [-0.3, -0.25) is 4.79 Å². The number of methoxy groups -OCH3 is 1. The topological polar surface area (TPSA) is 45.7 Å². The molecule has 0 spiro atoms. The van der Waals surface area contributed by atoms with Gasteiger partial charge in [0.2, 0.25) is 0 Å². The molecule has 0 atom stereocenters. The highest BCUT2D eigenvalue weighted by Crippen LogP contribution is 2.22. The number of pyridine rings is 1. The van der Waals surface area contributed by atoms with Gasteiger partial charge in [-0.25, -0.2) is 4.98 Å². The maximum Gasteiger partial charge on any atom is 0.254 e. The molecule has 0 N–H and O–H groups in total. The number of halogens is 1. The minimum absolute atomic E-state index is 0.0423. The fourth-order valence-corrected chi connectivity index (χ4v) is 3.06. The monoisotopic (exact) mass is 345 g/mol. The molecular formula is C18H20ClN3O2. The lowest BCUT2D eigenvalue weighted by molar-refractivity contribution is 0.0746. The predicted octanol–water partition coefficient (Wildman–Crippen LogP) is 3.01. The van der Waals surface area contributed by atoms with Gasteiger partial charge in [0.05, 0.1) is 7.11 Å². The van der Waals surface area contributed by atoms with Gasteiger partial charge in [0.1, 0.15) is 10.9 Å². The average molecular weight is 346 g/mol. The van der Waals surface area contributed by atoms with Gasteiger partial charge in [0.25, 0.3) is 5.91 Å². The first-order valence-corrected chi connectivity index (χ1v) is 8.26. The Labute approximate surface area is 146 Å². The lowest BCUT2D eigenvalue weighted by Gasteiger charge is -2.36. The number of aryl methyl sites for hydroxylation is 1. The summed E-state index contributed by atoms with van der Waals surface area (Å²) >= 11 is 5.95. The molecule has 0 aliphatic carbocycles. The van der Waals surface area contributed by atoms with E-state index < -0.39 is 0 Å². The summed E-state index contributed by atoms with van der Waals surface area (Å²) in [4.78, 5) is 20.8. The van der Waals surface area contributed by atoms with Crippen molar-refractivity contribution in [3.63, 3.8) is 0 Å². The summed E-state index contributed by atoms with van der Waals surface area (Å²) in [6, 6.07) is 9.38. The number of nitrogens with zero attached hydrogens (tertiary/aromatic N) is 3. The molecule has 1 aromatic carbocycles. The number of ether oxygens (including phenoxy) is 1. The SMILES string of the molecule is COc1cc(C(=O)N2CCN(c3ccnc(Cl)c3)CC2)ccc1C. The van der Waals surface area contributed by atoms with Crippen LogP contribution in [0.3, 0.4) is 0 Å². The van der Waals surface area contributed by atoms with Crippen molar-refractivity contribution in [3.05, 3.63) is 52.8 Å². The third-order valence-electron chi connectivity index (χ3n) is 4.30. The Morgan fingerprint density at radius 3 is 2.58 bits per heavy atom. The van der Waals surface area contributed by atoms with Crippen molar-refractivity contribution in [2.24, 2.45) is 0 Å². The van der Waals surface area contributed by atoms with Crippen LogP contribution in [0.1, 0.15) is 15.9 Å². The van der Waals surface area contributed by atoms with E-state index in [2.05, 4.69) is 9.88 Å². The summed E-state index contributed by atoms with van der Waals surface area (Å²) in [6.07, 6.45) is 1.70. The minimum atomic E-state index is 0.0423. The smallest absolute Gasteiger partial charge is 0.254 e. The molecule has 24 heavy (non-hydrogen) atoms. The Balaban J connectivity index is 1.67. The number of rotatable bonds is 3. The second-order valence-corrected chi connectivity index (χ2v) is 6.19. The van der Waals surface area contributed by atoms with Crippen LogP contribution < -0.4 is 9.64 Å². The number of hydrogen-bond donors (Lipinski definition) is 0. The quantitative estimate of drug-likeness (QED) is 0.802. The second kappa shape index (κ2) is 7.09. The van der Waals surface area contributed by atoms with Gasteiger partial charge >= 0.3 is 0 Å². The first-order valence-electron chi connectivity index (χ1n) is 7.89. The molecule has 0 bridgehead atoms. The first-order chi connectivity index (χ1) is 11.6. The zero-order valence-corrected chi connectivity index (χ0v) is 14.6. The van der Waals surface area contributed by atoms with Crippen molar-refractivity contribution in [3.8, 4) is 5.75 Å². The maximum absolute atomic E-state index is 12.7. The van der Waals surface area contributed by atoms with Crippen molar-refractivity contribution < 1.29 is 9.53 Å². The van der Waals surface area contributed by atoms with Crippen LogP contribution in [0.25, 0.3) is 0 Å². The molecule has 1 fully saturated rings. The molecule has 1 aliphatic heterocycles. The van der Waals surface area contributed by atoms with Crippen LogP contribution in [-0.2, 0) is 0 Å². The Morgan fingerprint density at radius 2 is 1.92 bits per heavy atom. The van der Waals surface area contributed by atoms with E-state index in [0.29, 0.717) is 23.8 Å². The number of carbonyl (C=O) groups is 1. The van der Waals surface area contributed by atoms with Gasteiger partial charge in [-0.1, -0.05) is 17.7 Å². The standard InChI is InChI=1S/C18H20ClN3O2/c1-13-3-4-14(11-16(13)24-2)18(23)22-9-7-21(8-10-22)15-5-6-20-17(19)12-15/h3-6,11-12H,7-10H2,1-2H3. The van der Waals surface area contributed by atoms with E-state index in [9.17, 15) is 4.79 Å². The van der Waals surface area contributed by atoms with Crippen LogP contribution in [0.15, 0.2) is 36.5 Å². The van der Waals surface area contributed by atoms with Gasteiger partial charge in [-0.15, -0.1) is 0 Å². The van der Waals surface area contributed by atoms with E-state index >= 15 is 0 Å². The van der Waals surface area contributed by atoms with Crippen molar-refractivity contribution in [2.75, 3.05) is 38.2 Å². The summed E-state index contributed by atoms with van der Waals surface area (Å²) in [5.74, 6) is 0.784. The predicted molar refractivity (Wildman–Crippen MR) is 95.1 cm³/mol. The van der Waals surface area contributed by atoms with E-state index in [-0.39, 0.29) is 5.91 Å². The minimum Gasteiger partial charge on any atom is -0.496 e. The number of amides is 1. The highest BCUT2D eigenvalue weighted by Gasteiger charge is 2.23. The fraction of sp³-hybridized carbons (Fsp3) is 0.333. The molecule has 0 saturated carbocycles. The third kappa shape index (κ3) is 3.46. The van der Waals surface area contributed by atoms with Crippen LogP contribution in [-0.4, -0.2) is 49.1 Å². The van der Waals surface area contributed by atoms with Crippen molar-refractivity contribution in [1.29, 1.82) is 0 Å². The second-order valence-electron chi connectivity index (χ2n) is 5.80. The Hall–Kier alpha value is -2.27. The van der Waals surface area contributed by atoms with Gasteiger partial charge in [-0.2, -0.15) is 0 Å². The Morgan fingerprint density at radius 1 is 1.17 bits per heavy atom. The van der Waals surface area contributed by atoms with E-state index in [0.717, 1.165) is 30.1 Å². The summed E-state index contributed by atoms with van der Waals surface area (Å²) in [6.45, 7) is 4.86. The third-order valence-corrected chi connectivity index (χ3v) is 4.50. The Bertz CT molecular complexity index is 743. The zero-order valence-electron chi connectivity index (χ0n) is 13.8. The van der Waals surface area contributed by atoms with Crippen LogP contribution in [0.2, 0.25) is 5.15 Å². The normalized spacial score (nSPS) is 14.6. The van der Waals surface area contributed by atoms with Gasteiger partial charge in [0.15, 0.2) is 0 Å². The fourth-order valence-electron chi connectivity index (χ4n) is 2.89. The highest BCUT2D eigenvalue weighted by molar-refractivity contribution is 6.29. The van der Waals surface area contributed by atoms with Gasteiger partial charge in [-0.05, 0) is 36.8 Å². The summed E-state index contributed by atoms with van der Waals surface area (Å²) < 4.78 is 5.31. The van der Waals surface area contributed by atoms with Gasteiger partial charge < -0.3 is 14.5 Å². The van der Waals surface area contributed by atoms with E-state index in [1.54, 1.807) is 13.3 Å². The van der Waals surface area contributed by atoms with E-state index in [1.807, 2.05) is 42.2 Å². The van der Waals surface area contributed by atoms with E-state index in [1.165, 1.54) is 0 Å². The van der Waals surface area contributed by atoms with Crippen molar-refractivity contribution in [2.45, 2.75) is 6.92 Å². The van der Waals surface area contributed by atoms with Crippen molar-refractivity contribution >= 4 is 23.2 Å². The molecule has 0 unspecified atom stereocenters. The lowest BCUT2D eigenvalue weighted by atomic mass is 10.1. The number of carbonyl (C=O) groups excluding carboxylic acids is 1. The van der Waals surface area contributed by atoms with Crippen LogP contribution in [0.4, 0.5) is 5.69 Å².